The number of pyridine rings is 1. The van der Waals surface area contributed by atoms with E-state index in [0.717, 1.165) is 12.8 Å². The van der Waals surface area contributed by atoms with Crippen LogP contribution in [0.2, 0.25) is 0 Å². The van der Waals surface area contributed by atoms with Gasteiger partial charge in [0, 0.05) is 6.04 Å². The molecule has 1 saturated carbocycles. The van der Waals surface area contributed by atoms with E-state index in [2.05, 4.69) is 4.98 Å². The van der Waals surface area contributed by atoms with E-state index < -0.39 is 5.97 Å². The number of rotatable bonds is 5. The predicted molar refractivity (Wildman–Crippen MR) is 72.8 cm³/mol. The molecule has 1 amide bonds. The van der Waals surface area contributed by atoms with Crippen LogP contribution < -0.4 is 0 Å². The van der Waals surface area contributed by atoms with Gasteiger partial charge in [0.2, 0.25) is 0 Å². The Morgan fingerprint density at radius 1 is 1.24 bits per heavy atom. The van der Waals surface area contributed by atoms with Crippen LogP contribution in [-0.2, 0) is 6.54 Å². The summed E-state index contributed by atoms with van der Waals surface area (Å²) in [5, 5.41) is 8.96. The molecule has 6 heteroatoms. The first-order valence-corrected chi connectivity index (χ1v) is 6.69. The van der Waals surface area contributed by atoms with Crippen molar-refractivity contribution in [2.75, 3.05) is 0 Å². The number of hydrogen-bond acceptors (Lipinski definition) is 4. The number of hydrogen-bond donors (Lipinski definition) is 1. The van der Waals surface area contributed by atoms with Gasteiger partial charge in [0.15, 0.2) is 0 Å². The summed E-state index contributed by atoms with van der Waals surface area (Å²) in [6, 6.07) is 8.19. The van der Waals surface area contributed by atoms with E-state index in [4.69, 9.17) is 9.52 Å². The average Bonchev–Trinajstić information content (AvgIpc) is 3.20. The molecule has 21 heavy (non-hydrogen) atoms. The van der Waals surface area contributed by atoms with Gasteiger partial charge >= 0.3 is 5.97 Å². The van der Waals surface area contributed by atoms with Crippen molar-refractivity contribution in [2.45, 2.75) is 25.4 Å². The van der Waals surface area contributed by atoms with Crippen LogP contribution in [0.5, 0.6) is 0 Å². The smallest absolute Gasteiger partial charge is 0.354 e. The van der Waals surface area contributed by atoms with Crippen molar-refractivity contribution in [3.63, 3.8) is 0 Å². The van der Waals surface area contributed by atoms with Crippen LogP contribution in [0.15, 0.2) is 41.0 Å². The van der Waals surface area contributed by atoms with Crippen molar-refractivity contribution in [1.82, 2.24) is 9.88 Å². The van der Waals surface area contributed by atoms with Gasteiger partial charge in [0.05, 0.1) is 12.8 Å². The summed E-state index contributed by atoms with van der Waals surface area (Å²) in [6.07, 6.45) is 3.46. The van der Waals surface area contributed by atoms with Gasteiger partial charge < -0.3 is 14.4 Å². The Morgan fingerprint density at radius 2 is 2.00 bits per heavy atom. The zero-order valence-electron chi connectivity index (χ0n) is 11.2. The third-order valence-corrected chi connectivity index (χ3v) is 3.34. The second-order valence-corrected chi connectivity index (χ2v) is 4.96. The second-order valence-electron chi connectivity index (χ2n) is 4.96. The number of carboxylic acid groups (broad SMARTS) is 1. The van der Waals surface area contributed by atoms with Gasteiger partial charge in [-0.15, -0.1) is 0 Å². The third-order valence-electron chi connectivity index (χ3n) is 3.34. The van der Waals surface area contributed by atoms with Gasteiger partial charge in [-0.1, -0.05) is 6.07 Å². The van der Waals surface area contributed by atoms with Gasteiger partial charge in [-0.2, -0.15) is 0 Å². The summed E-state index contributed by atoms with van der Waals surface area (Å²) in [7, 11) is 0. The molecular weight excluding hydrogens is 272 g/mol. The summed E-state index contributed by atoms with van der Waals surface area (Å²) in [5.74, 6) is -0.713. The van der Waals surface area contributed by atoms with Crippen molar-refractivity contribution in [1.29, 1.82) is 0 Å². The molecule has 0 aliphatic heterocycles. The maximum Gasteiger partial charge on any atom is 0.354 e. The van der Waals surface area contributed by atoms with Crippen LogP contribution >= 0.6 is 0 Å². The summed E-state index contributed by atoms with van der Waals surface area (Å²) in [6.45, 7) is 0.371. The molecule has 1 aliphatic rings. The van der Waals surface area contributed by atoms with E-state index in [1.807, 2.05) is 6.07 Å². The highest BCUT2D eigenvalue weighted by Crippen LogP contribution is 2.29. The van der Waals surface area contributed by atoms with Crippen LogP contribution in [-0.4, -0.2) is 32.9 Å². The number of aromatic nitrogens is 1. The Balaban J connectivity index is 1.84. The molecule has 0 radical (unpaired) electrons. The van der Waals surface area contributed by atoms with Crippen LogP contribution in [0.1, 0.15) is 39.6 Å². The first-order chi connectivity index (χ1) is 10.1. The SMILES string of the molecule is O=C(O)c1cccc(C(=O)N(Cc2ccco2)C2CC2)n1. The van der Waals surface area contributed by atoms with Crippen LogP contribution in [0.3, 0.4) is 0 Å². The van der Waals surface area contributed by atoms with Gasteiger partial charge in [-0.3, -0.25) is 4.79 Å². The molecule has 0 spiro atoms. The lowest BCUT2D eigenvalue weighted by atomic mass is 10.2. The van der Waals surface area contributed by atoms with E-state index in [9.17, 15) is 9.59 Å². The molecule has 1 N–H and O–H groups in total. The summed E-state index contributed by atoms with van der Waals surface area (Å²) >= 11 is 0. The molecule has 0 unspecified atom stereocenters. The zero-order chi connectivity index (χ0) is 14.8. The third kappa shape index (κ3) is 2.94. The van der Waals surface area contributed by atoms with E-state index in [1.165, 1.54) is 18.2 Å². The van der Waals surface area contributed by atoms with E-state index in [0.29, 0.717) is 12.3 Å². The molecule has 2 heterocycles. The van der Waals surface area contributed by atoms with Gasteiger partial charge in [0.25, 0.3) is 5.91 Å². The molecule has 1 aliphatic carbocycles. The maximum atomic E-state index is 12.6. The number of amides is 1. The number of carboxylic acids is 1. The van der Waals surface area contributed by atoms with Crippen molar-refractivity contribution in [2.24, 2.45) is 0 Å². The molecule has 0 atom stereocenters. The summed E-state index contributed by atoms with van der Waals surface area (Å²) < 4.78 is 5.28. The molecule has 1 fully saturated rings. The Labute approximate surface area is 121 Å². The number of carbonyl (C=O) groups excluding carboxylic acids is 1. The number of furan rings is 1. The van der Waals surface area contributed by atoms with E-state index in [-0.39, 0.29) is 23.3 Å². The predicted octanol–water partition coefficient (Wildman–Crippen LogP) is 2.18. The number of aromatic carboxylic acids is 1. The highest BCUT2D eigenvalue weighted by atomic mass is 16.4. The summed E-state index contributed by atoms with van der Waals surface area (Å²) in [5.41, 5.74) is 0.0166. The second kappa shape index (κ2) is 5.40. The molecular formula is C15H14N2O4. The van der Waals surface area contributed by atoms with Crippen molar-refractivity contribution in [3.8, 4) is 0 Å². The van der Waals surface area contributed by atoms with Gasteiger partial charge in [0.1, 0.15) is 17.1 Å². The molecule has 2 aromatic rings. The highest BCUT2D eigenvalue weighted by Gasteiger charge is 2.34. The Kier molecular flexibility index (Phi) is 3.43. The van der Waals surface area contributed by atoms with Crippen LogP contribution in [0.4, 0.5) is 0 Å². The lowest BCUT2D eigenvalue weighted by Crippen LogP contribution is -2.33. The molecule has 108 valence electrons. The minimum atomic E-state index is -1.14. The first-order valence-electron chi connectivity index (χ1n) is 6.69. The minimum absolute atomic E-state index is 0.130. The quantitative estimate of drug-likeness (QED) is 0.910. The first kappa shape index (κ1) is 13.4. The zero-order valence-corrected chi connectivity index (χ0v) is 11.2. The molecule has 0 aromatic carbocycles. The van der Waals surface area contributed by atoms with Crippen molar-refractivity contribution in [3.05, 3.63) is 53.7 Å². The maximum absolute atomic E-state index is 12.6. The van der Waals surface area contributed by atoms with Crippen molar-refractivity contribution < 1.29 is 19.1 Å². The molecule has 2 aromatic heterocycles. The van der Waals surface area contributed by atoms with Crippen LogP contribution in [0.25, 0.3) is 0 Å². The Hall–Kier alpha value is -2.63. The summed E-state index contributed by atoms with van der Waals surface area (Å²) in [4.78, 5) is 29.1. The van der Waals surface area contributed by atoms with E-state index >= 15 is 0 Å². The highest BCUT2D eigenvalue weighted by molar-refractivity contribution is 5.94. The minimum Gasteiger partial charge on any atom is -0.477 e. The standard InChI is InChI=1S/C15H14N2O4/c18-14(12-4-1-5-13(16-12)15(19)20)17(10-6-7-10)9-11-3-2-8-21-11/h1-5,8,10H,6-7,9H2,(H,19,20). The van der Waals surface area contributed by atoms with Gasteiger partial charge in [-0.25, -0.2) is 9.78 Å². The number of nitrogens with zero attached hydrogens (tertiary/aromatic N) is 2. The molecule has 0 saturated heterocycles. The van der Waals surface area contributed by atoms with Crippen LogP contribution in [0, 0.1) is 0 Å². The van der Waals surface area contributed by atoms with Crippen molar-refractivity contribution >= 4 is 11.9 Å². The fourth-order valence-electron chi connectivity index (χ4n) is 2.14. The largest absolute Gasteiger partial charge is 0.477 e. The normalized spacial score (nSPS) is 13.9. The van der Waals surface area contributed by atoms with E-state index in [1.54, 1.807) is 17.2 Å². The monoisotopic (exact) mass is 286 g/mol. The Morgan fingerprint density at radius 3 is 2.62 bits per heavy atom. The molecule has 6 nitrogen and oxygen atoms in total. The van der Waals surface area contributed by atoms with Gasteiger partial charge in [-0.05, 0) is 37.1 Å². The molecule has 0 bridgehead atoms. The number of carbonyl (C=O) groups is 2. The lowest BCUT2D eigenvalue weighted by molar-refractivity contribution is 0.0688. The molecule has 3 rings (SSSR count). The fourth-order valence-corrected chi connectivity index (χ4v) is 2.14. The lowest BCUT2D eigenvalue weighted by Gasteiger charge is -2.20. The topological polar surface area (TPSA) is 83.6 Å². The Bertz CT molecular complexity index is 662. The average molecular weight is 286 g/mol. The fraction of sp³-hybridized carbons (Fsp3) is 0.267.